The van der Waals surface area contributed by atoms with E-state index in [0.29, 0.717) is 6.54 Å². The van der Waals surface area contributed by atoms with Gasteiger partial charge in [0.25, 0.3) is 0 Å². The van der Waals surface area contributed by atoms with Crippen LogP contribution in [-0.2, 0) is 14.3 Å². The summed E-state index contributed by atoms with van der Waals surface area (Å²) in [4.78, 5) is 25.5. The van der Waals surface area contributed by atoms with Crippen LogP contribution in [0.25, 0.3) is 0 Å². The van der Waals surface area contributed by atoms with Crippen LogP contribution in [0.1, 0.15) is 39.0 Å². The second-order valence-corrected chi connectivity index (χ2v) is 6.19. The number of methoxy groups -OCH3 is 1. The third kappa shape index (κ3) is 1.95. The molecule has 1 saturated heterocycles. The summed E-state index contributed by atoms with van der Waals surface area (Å²) in [7, 11) is 1.37. The minimum atomic E-state index is -0.452. The van der Waals surface area contributed by atoms with Crippen molar-refractivity contribution in [1.29, 1.82) is 0 Å². The zero-order chi connectivity index (χ0) is 13.0. The van der Waals surface area contributed by atoms with Gasteiger partial charge in [-0.2, -0.15) is 0 Å². The van der Waals surface area contributed by atoms with Gasteiger partial charge in [0.1, 0.15) is 11.6 Å². The Bertz CT molecular complexity index is 398. The van der Waals surface area contributed by atoms with Gasteiger partial charge in [0, 0.05) is 6.54 Å². The first kappa shape index (κ1) is 11.8. The van der Waals surface area contributed by atoms with E-state index in [1.54, 1.807) is 4.90 Å². The molecule has 1 aliphatic heterocycles. The van der Waals surface area contributed by atoms with Crippen LogP contribution in [0.15, 0.2) is 0 Å². The van der Waals surface area contributed by atoms with Crippen LogP contribution in [-0.4, -0.2) is 42.3 Å². The van der Waals surface area contributed by atoms with Gasteiger partial charge in [-0.05, 0) is 44.4 Å². The van der Waals surface area contributed by atoms with Gasteiger partial charge in [-0.3, -0.25) is 4.90 Å². The summed E-state index contributed by atoms with van der Waals surface area (Å²) < 4.78 is 10.3. The van der Waals surface area contributed by atoms with Crippen molar-refractivity contribution in [2.45, 2.75) is 50.7 Å². The van der Waals surface area contributed by atoms with Gasteiger partial charge >= 0.3 is 12.1 Å². The molecule has 1 heterocycles. The second kappa shape index (κ2) is 3.62. The van der Waals surface area contributed by atoms with Crippen molar-refractivity contribution >= 4 is 12.1 Å². The first-order valence-corrected chi connectivity index (χ1v) is 6.55. The molecule has 18 heavy (non-hydrogen) atoms. The predicted molar refractivity (Wildman–Crippen MR) is 62.9 cm³/mol. The number of amides is 1. The maximum atomic E-state index is 12.1. The molecule has 0 bridgehead atoms. The van der Waals surface area contributed by atoms with Crippen LogP contribution in [0.2, 0.25) is 0 Å². The number of hydrogen-bond donors (Lipinski definition) is 0. The van der Waals surface area contributed by atoms with E-state index in [0.717, 1.165) is 32.1 Å². The highest BCUT2D eigenvalue weighted by atomic mass is 16.6. The zero-order valence-electron chi connectivity index (χ0n) is 10.9. The lowest BCUT2D eigenvalue weighted by atomic mass is 10.0. The largest absolute Gasteiger partial charge is 0.467 e. The number of ether oxygens (including phenoxy) is 2. The fourth-order valence-electron chi connectivity index (χ4n) is 2.68. The van der Waals surface area contributed by atoms with Gasteiger partial charge < -0.3 is 9.47 Å². The maximum Gasteiger partial charge on any atom is 0.411 e. The zero-order valence-corrected chi connectivity index (χ0v) is 10.9. The molecule has 0 aromatic heterocycles. The van der Waals surface area contributed by atoms with Gasteiger partial charge in [0.2, 0.25) is 0 Å². The number of nitrogens with zero attached hydrogens (tertiary/aromatic N) is 1. The van der Waals surface area contributed by atoms with Crippen LogP contribution in [0.3, 0.4) is 0 Å². The Morgan fingerprint density at radius 3 is 2.39 bits per heavy atom. The lowest BCUT2D eigenvalue weighted by Crippen LogP contribution is -2.42. The van der Waals surface area contributed by atoms with E-state index in [9.17, 15) is 9.59 Å². The van der Waals surface area contributed by atoms with Crippen LogP contribution in [0.5, 0.6) is 0 Å². The van der Waals surface area contributed by atoms with Crippen LogP contribution < -0.4 is 0 Å². The molecule has 0 aromatic carbocycles. The van der Waals surface area contributed by atoms with E-state index < -0.39 is 6.04 Å². The highest BCUT2D eigenvalue weighted by molar-refractivity contribution is 5.82. The second-order valence-electron chi connectivity index (χ2n) is 6.19. The molecule has 100 valence electrons. The molecular formula is C13H19NO4. The lowest BCUT2D eigenvalue weighted by Gasteiger charge is -2.24. The third-order valence-corrected chi connectivity index (χ3v) is 4.46. The first-order valence-electron chi connectivity index (χ1n) is 6.55. The minimum absolute atomic E-state index is 0.169. The number of hydrogen-bond acceptors (Lipinski definition) is 4. The quantitative estimate of drug-likeness (QED) is 0.703. The molecule has 0 aromatic rings. The van der Waals surface area contributed by atoms with E-state index >= 15 is 0 Å². The Morgan fingerprint density at radius 2 is 1.89 bits per heavy atom. The average Bonchev–Trinajstić information content (AvgIpc) is 3.19. The van der Waals surface area contributed by atoms with Crippen molar-refractivity contribution in [3.05, 3.63) is 0 Å². The molecule has 0 N–H and O–H groups in total. The van der Waals surface area contributed by atoms with Crippen LogP contribution >= 0.6 is 0 Å². The number of carbonyl (C=O) groups excluding carboxylic acids is 2. The molecule has 1 atom stereocenters. The van der Waals surface area contributed by atoms with E-state index in [4.69, 9.17) is 9.47 Å². The number of esters is 1. The van der Waals surface area contributed by atoms with Gasteiger partial charge in [-0.25, -0.2) is 9.59 Å². The minimum Gasteiger partial charge on any atom is -0.467 e. The Labute approximate surface area is 106 Å². The van der Waals surface area contributed by atoms with Crippen LogP contribution in [0.4, 0.5) is 4.79 Å². The molecular weight excluding hydrogens is 234 g/mol. The molecule has 0 unspecified atom stereocenters. The molecule has 3 fully saturated rings. The predicted octanol–water partition coefficient (Wildman–Crippen LogP) is 1.70. The van der Waals surface area contributed by atoms with Crippen molar-refractivity contribution in [1.82, 2.24) is 4.90 Å². The van der Waals surface area contributed by atoms with E-state index in [2.05, 4.69) is 0 Å². The van der Waals surface area contributed by atoms with Crippen molar-refractivity contribution in [3.63, 3.8) is 0 Å². The van der Waals surface area contributed by atoms with Crippen molar-refractivity contribution in [3.8, 4) is 0 Å². The molecule has 5 nitrogen and oxygen atoms in total. The standard InChI is InChI=1S/C13H19NO4/c1-12(3-4-12)18-11(16)14-8-13(5-6-13)7-9(14)10(15)17-2/h9H,3-8H2,1-2H3/t9-/m0/s1. The summed E-state index contributed by atoms with van der Waals surface area (Å²) in [5.74, 6) is -0.323. The highest BCUT2D eigenvalue weighted by Crippen LogP contribution is 2.55. The van der Waals surface area contributed by atoms with Gasteiger partial charge in [0.05, 0.1) is 7.11 Å². The first-order chi connectivity index (χ1) is 8.47. The summed E-state index contributed by atoms with van der Waals surface area (Å²) in [6.07, 6.45) is 4.41. The Kier molecular flexibility index (Phi) is 2.37. The molecule has 1 spiro atoms. The van der Waals surface area contributed by atoms with Gasteiger partial charge in [-0.1, -0.05) is 0 Å². The van der Waals surface area contributed by atoms with Crippen molar-refractivity contribution in [2.75, 3.05) is 13.7 Å². The van der Waals surface area contributed by atoms with E-state index in [1.807, 2.05) is 6.92 Å². The van der Waals surface area contributed by atoms with Crippen LogP contribution in [0, 0.1) is 5.41 Å². The normalized spacial score (nSPS) is 30.1. The average molecular weight is 253 g/mol. The molecule has 1 amide bonds. The van der Waals surface area contributed by atoms with Crippen molar-refractivity contribution < 1.29 is 19.1 Å². The molecule has 0 radical (unpaired) electrons. The summed E-state index contributed by atoms with van der Waals surface area (Å²) in [6.45, 7) is 2.57. The Morgan fingerprint density at radius 1 is 1.22 bits per heavy atom. The molecule has 2 aliphatic carbocycles. The maximum absolute atomic E-state index is 12.1. The van der Waals surface area contributed by atoms with Gasteiger partial charge in [-0.15, -0.1) is 0 Å². The molecule has 3 rings (SSSR count). The molecule has 2 saturated carbocycles. The molecule has 5 heteroatoms. The smallest absolute Gasteiger partial charge is 0.411 e. The molecule has 3 aliphatic rings. The summed E-state index contributed by atoms with van der Waals surface area (Å²) in [5.41, 5.74) is -0.126. The van der Waals surface area contributed by atoms with Gasteiger partial charge in [0.15, 0.2) is 0 Å². The lowest BCUT2D eigenvalue weighted by molar-refractivity contribution is -0.145. The summed E-state index contributed by atoms with van der Waals surface area (Å²) in [5, 5.41) is 0. The fraction of sp³-hybridized carbons (Fsp3) is 0.846. The van der Waals surface area contributed by atoms with E-state index in [1.165, 1.54) is 7.11 Å². The summed E-state index contributed by atoms with van der Waals surface area (Å²) in [6, 6.07) is -0.452. The Balaban J connectivity index is 1.71. The number of rotatable bonds is 2. The third-order valence-electron chi connectivity index (χ3n) is 4.46. The Hall–Kier alpha value is -1.26. The number of likely N-dealkylation sites (tertiary alicyclic amines) is 1. The van der Waals surface area contributed by atoms with Crippen molar-refractivity contribution in [2.24, 2.45) is 5.41 Å². The SMILES string of the molecule is COC(=O)[C@@H]1CC2(CC2)CN1C(=O)OC1(C)CC1. The summed E-state index contributed by atoms with van der Waals surface area (Å²) >= 11 is 0. The monoisotopic (exact) mass is 253 g/mol. The fourth-order valence-corrected chi connectivity index (χ4v) is 2.68. The number of carbonyl (C=O) groups is 2. The highest BCUT2D eigenvalue weighted by Gasteiger charge is 2.57. The topological polar surface area (TPSA) is 55.8 Å². The van der Waals surface area contributed by atoms with E-state index in [-0.39, 0.29) is 23.1 Å².